The second-order valence-electron chi connectivity index (χ2n) is 7.79. The molecule has 1 N–H and O–H groups in total. The van der Waals surface area contributed by atoms with Crippen LogP contribution in [0.2, 0.25) is 0 Å². The molecule has 10 nitrogen and oxygen atoms in total. The Morgan fingerprint density at radius 1 is 1.03 bits per heavy atom. The number of methoxy groups -OCH3 is 2. The molecule has 4 rings (SSSR count). The van der Waals surface area contributed by atoms with Crippen molar-refractivity contribution in [2.45, 2.75) is 26.8 Å². The van der Waals surface area contributed by atoms with E-state index in [-0.39, 0.29) is 11.2 Å². The molecule has 0 saturated carbocycles. The molecule has 1 aromatic carbocycles. The summed E-state index contributed by atoms with van der Waals surface area (Å²) >= 11 is 0. The van der Waals surface area contributed by atoms with Crippen LogP contribution in [0.1, 0.15) is 17.8 Å². The smallest absolute Gasteiger partial charge is 0.332 e. The Bertz CT molecular complexity index is 1440. The van der Waals surface area contributed by atoms with E-state index in [1.54, 1.807) is 21.3 Å². The van der Waals surface area contributed by atoms with Gasteiger partial charge in [0.2, 0.25) is 5.78 Å². The molecule has 10 heteroatoms. The second-order valence-corrected chi connectivity index (χ2v) is 7.79. The molecule has 0 atom stereocenters. The number of rotatable bonds is 7. The maximum absolute atomic E-state index is 12.8. The Balaban J connectivity index is 1.63. The highest BCUT2D eigenvalue weighted by atomic mass is 16.5. The van der Waals surface area contributed by atoms with Gasteiger partial charge in [0.05, 0.1) is 19.9 Å². The average Bonchev–Trinajstić information content (AvgIpc) is 3.30. The van der Waals surface area contributed by atoms with Crippen molar-refractivity contribution < 1.29 is 9.47 Å². The van der Waals surface area contributed by atoms with E-state index in [1.807, 2.05) is 36.4 Å². The molecule has 0 aliphatic heterocycles. The van der Waals surface area contributed by atoms with Crippen LogP contribution in [0.5, 0.6) is 11.5 Å². The summed E-state index contributed by atoms with van der Waals surface area (Å²) in [6, 6.07) is 5.65. The monoisotopic (exact) mass is 440 g/mol. The lowest BCUT2D eigenvalue weighted by atomic mass is 10.2. The minimum Gasteiger partial charge on any atom is -0.497 e. The van der Waals surface area contributed by atoms with Gasteiger partial charge in [-0.1, -0.05) is 0 Å². The molecule has 0 saturated heterocycles. The summed E-state index contributed by atoms with van der Waals surface area (Å²) < 4.78 is 17.2. The zero-order valence-corrected chi connectivity index (χ0v) is 19.2. The summed E-state index contributed by atoms with van der Waals surface area (Å²) in [6.07, 6.45) is 0.819. The van der Waals surface area contributed by atoms with E-state index in [4.69, 9.17) is 9.47 Å². The van der Waals surface area contributed by atoms with E-state index in [2.05, 4.69) is 14.9 Å². The number of ether oxygens (including phenoxy) is 2. The van der Waals surface area contributed by atoms with Crippen LogP contribution in [0.15, 0.2) is 27.8 Å². The van der Waals surface area contributed by atoms with Gasteiger partial charge in [-0.05, 0) is 32.4 Å². The molecule has 0 aliphatic carbocycles. The SMILES string of the molecule is COc1ccc(NCCCn2c(C)c(C)n3c4c(=O)n(C)c(=O)n(C)c4nc23)c(OC)c1. The predicted molar refractivity (Wildman–Crippen MR) is 123 cm³/mol. The van der Waals surface area contributed by atoms with Crippen LogP contribution in [0.3, 0.4) is 0 Å². The maximum Gasteiger partial charge on any atom is 0.332 e. The third-order valence-corrected chi connectivity index (χ3v) is 6.03. The van der Waals surface area contributed by atoms with Crippen molar-refractivity contribution in [1.29, 1.82) is 0 Å². The lowest BCUT2D eigenvalue weighted by molar-refractivity contribution is 0.395. The highest BCUT2D eigenvalue weighted by molar-refractivity contribution is 5.76. The van der Waals surface area contributed by atoms with E-state index in [0.29, 0.717) is 30.0 Å². The van der Waals surface area contributed by atoms with Crippen LogP contribution < -0.4 is 26.0 Å². The quantitative estimate of drug-likeness (QED) is 0.441. The maximum atomic E-state index is 12.8. The van der Waals surface area contributed by atoms with Gasteiger partial charge in [0.25, 0.3) is 5.56 Å². The largest absolute Gasteiger partial charge is 0.497 e. The van der Waals surface area contributed by atoms with Gasteiger partial charge >= 0.3 is 5.69 Å². The van der Waals surface area contributed by atoms with Crippen LogP contribution in [0.25, 0.3) is 16.9 Å². The minimum atomic E-state index is -0.387. The molecule has 0 bridgehead atoms. The molecule has 0 aliphatic rings. The highest BCUT2D eigenvalue weighted by Crippen LogP contribution is 2.29. The van der Waals surface area contributed by atoms with E-state index in [9.17, 15) is 9.59 Å². The first-order chi connectivity index (χ1) is 15.3. The number of aromatic nitrogens is 5. The molecule has 0 unspecified atom stereocenters. The van der Waals surface area contributed by atoms with Crippen LogP contribution >= 0.6 is 0 Å². The van der Waals surface area contributed by atoms with Gasteiger partial charge in [0.15, 0.2) is 11.2 Å². The number of aryl methyl sites for hydroxylation is 3. The summed E-state index contributed by atoms with van der Waals surface area (Å²) in [5.74, 6) is 2.12. The molecule has 4 aromatic rings. The van der Waals surface area contributed by atoms with E-state index in [1.165, 1.54) is 11.6 Å². The minimum absolute atomic E-state index is 0.343. The van der Waals surface area contributed by atoms with Crippen molar-refractivity contribution in [2.75, 3.05) is 26.1 Å². The number of nitrogens with one attached hydrogen (secondary N) is 1. The van der Waals surface area contributed by atoms with Crippen LogP contribution in [-0.2, 0) is 20.6 Å². The number of hydrogen-bond donors (Lipinski definition) is 1. The van der Waals surface area contributed by atoms with Gasteiger partial charge in [-0.3, -0.25) is 18.3 Å². The molecule has 0 amide bonds. The number of anilines is 1. The van der Waals surface area contributed by atoms with Crippen molar-refractivity contribution in [3.8, 4) is 11.5 Å². The van der Waals surface area contributed by atoms with Gasteiger partial charge < -0.3 is 19.4 Å². The first-order valence-electron chi connectivity index (χ1n) is 10.4. The van der Waals surface area contributed by atoms with E-state index < -0.39 is 0 Å². The normalized spacial score (nSPS) is 11.4. The average molecular weight is 441 g/mol. The zero-order valence-electron chi connectivity index (χ0n) is 19.2. The van der Waals surface area contributed by atoms with Crippen molar-refractivity contribution in [3.63, 3.8) is 0 Å². The van der Waals surface area contributed by atoms with Crippen LogP contribution in [0, 0.1) is 13.8 Å². The molecular weight excluding hydrogens is 412 g/mol. The summed E-state index contributed by atoms with van der Waals surface area (Å²) in [5, 5.41) is 3.40. The van der Waals surface area contributed by atoms with Crippen LogP contribution in [-0.4, -0.2) is 43.9 Å². The third-order valence-electron chi connectivity index (χ3n) is 6.03. The number of benzene rings is 1. The first-order valence-corrected chi connectivity index (χ1v) is 10.4. The lowest BCUT2D eigenvalue weighted by Gasteiger charge is -2.13. The summed E-state index contributed by atoms with van der Waals surface area (Å²) in [4.78, 5) is 29.8. The van der Waals surface area contributed by atoms with Crippen molar-refractivity contribution in [3.05, 3.63) is 50.4 Å². The molecule has 32 heavy (non-hydrogen) atoms. The number of fused-ring (bicyclic) bond motifs is 3. The number of hydrogen-bond acceptors (Lipinski definition) is 6. The summed E-state index contributed by atoms with van der Waals surface area (Å²) in [6.45, 7) is 5.39. The number of imidazole rings is 2. The molecule has 0 spiro atoms. The summed E-state index contributed by atoms with van der Waals surface area (Å²) in [5.41, 5.74) is 2.95. The topological polar surface area (TPSA) is 96.7 Å². The van der Waals surface area contributed by atoms with Gasteiger partial charge in [-0.2, -0.15) is 4.98 Å². The highest BCUT2D eigenvalue weighted by Gasteiger charge is 2.21. The Hall–Kier alpha value is -3.69. The molecule has 3 heterocycles. The Morgan fingerprint density at radius 3 is 2.47 bits per heavy atom. The lowest BCUT2D eigenvalue weighted by Crippen LogP contribution is -2.37. The van der Waals surface area contributed by atoms with Crippen molar-refractivity contribution in [2.24, 2.45) is 14.1 Å². The van der Waals surface area contributed by atoms with Crippen molar-refractivity contribution in [1.82, 2.24) is 23.1 Å². The van der Waals surface area contributed by atoms with Crippen LogP contribution in [0.4, 0.5) is 5.69 Å². The molecule has 0 radical (unpaired) electrons. The zero-order chi connectivity index (χ0) is 23.2. The fourth-order valence-electron chi connectivity index (χ4n) is 4.06. The van der Waals surface area contributed by atoms with Gasteiger partial charge in [-0.15, -0.1) is 0 Å². The third kappa shape index (κ3) is 3.22. The fourth-order valence-corrected chi connectivity index (χ4v) is 4.06. The Morgan fingerprint density at radius 2 is 1.78 bits per heavy atom. The van der Waals surface area contributed by atoms with Gasteiger partial charge in [0, 0.05) is 44.6 Å². The standard InChI is InChI=1S/C22H28N6O4/c1-13-14(2)28-18-19(25(3)22(30)26(4)20(18)29)24-21(28)27(13)11-7-10-23-16-9-8-15(31-5)12-17(16)32-6/h8-9,12,23H,7,10-11H2,1-6H3. The molecule has 3 aromatic heterocycles. The van der Waals surface area contributed by atoms with E-state index >= 15 is 0 Å². The molecule has 170 valence electrons. The van der Waals surface area contributed by atoms with Crippen molar-refractivity contribution >= 4 is 22.6 Å². The first kappa shape index (κ1) is 21.5. The van der Waals surface area contributed by atoms with E-state index in [0.717, 1.165) is 39.6 Å². The Kier molecular flexibility index (Phi) is 5.45. The fraction of sp³-hybridized carbons (Fsp3) is 0.409. The van der Waals surface area contributed by atoms with Gasteiger partial charge in [0.1, 0.15) is 11.5 Å². The Labute approximate surface area is 184 Å². The summed E-state index contributed by atoms with van der Waals surface area (Å²) in [7, 11) is 6.37. The molecule has 0 fully saturated rings. The predicted octanol–water partition coefficient (Wildman–Crippen LogP) is 1.82. The second kappa shape index (κ2) is 8.10. The van der Waals surface area contributed by atoms with Gasteiger partial charge in [-0.25, -0.2) is 4.79 Å². The molecular formula is C22H28N6O4. The number of nitrogens with zero attached hydrogens (tertiary/aromatic N) is 5.